The van der Waals surface area contributed by atoms with Gasteiger partial charge in [-0.2, -0.15) is 0 Å². The Morgan fingerprint density at radius 2 is 2.00 bits per heavy atom. The maximum Gasteiger partial charge on any atom is 0.162 e. The summed E-state index contributed by atoms with van der Waals surface area (Å²) in [5, 5.41) is 11.2. The molecule has 0 aromatic rings. The standard InChI is InChI=1S/C6H13NO3/c1-5(7-8)4-6(9-2)10-3/h6,8H,4H2,1-3H3/b7-5+. The van der Waals surface area contributed by atoms with E-state index in [0.717, 1.165) is 0 Å². The molecule has 0 atom stereocenters. The first-order valence-corrected chi connectivity index (χ1v) is 2.97. The topological polar surface area (TPSA) is 51.0 Å². The molecule has 0 heterocycles. The molecule has 0 aliphatic rings. The maximum absolute atomic E-state index is 8.25. The lowest BCUT2D eigenvalue weighted by Gasteiger charge is -2.11. The first-order valence-electron chi connectivity index (χ1n) is 2.97. The minimum absolute atomic E-state index is 0.309. The van der Waals surface area contributed by atoms with E-state index in [0.29, 0.717) is 12.1 Å². The van der Waals surface area contributed by atoms with Gasteiger partial charge < -0.3 is 14.7 Å². The van der Waals surface area contributed by atoms with Crippen molar-refractivity contribution in [2.45, 2.75) is 19.6 Å². The lowest BCUT2D eigenvalue weighted by molar-refractivity contribution is -0.0961. The Kier molecular flexibility index (Phi) is 4.88. The lowest BCUT2D eigenvalue weighted by atomic mass is 10.3. The molecule has 0 spiro atoms. The van der Waals surface area contributed by atoms with Crippen molar-refractivity contribution >= 4 is 5.71 Å². The zero-order valence-corrected chi connectivity index (χ0v) is 6.50. The summed E-state index contributed by atoms with van der Waals surface area (Å²) in [4.78, 5) is 0. The predicted molar refractivity (Wildman–Crippen MR) is 37.3 cm³/mol. The van der Waals surface area contributed by atoms with E-state index in [1.807, 2.05) is 0 Å². The van der Waals surface area contributed by atoms with Crippen LogP contribution in [0.15, 0.2) is 5.16 Å². The van der Waals surface area contributed by atoms with Crippen LogP contribution in [0.1, 0.15) is 13.3 Å². The molecule has 10 heavy (non-hydrogen) atoms. The molecule has 1 N–H and O–H groups in total. The fourth-order valence-electron chi connectivity index (χ4n) is 0.545. The number of methoxy groups -OCH3 is 2. The van der Waals surface area contributed by atoms with E-state index in [-0.39, 0.29) is 6.29 Å². The van der Waals surface area contributed by atoms with Gasteiger partial charge >= 0.3 is 0 Å². The maximum atomic E-state index is 8.25. The van der Waals surface area contributed by atoms with E-state index in [2.05, 4.69) is 5.16 Å². The largest absolute Gasteiger partial charge is 0.411 e. The molecule has 0 bridgehead atoms. The van der Waals surface area contributed by atoms with Crippen molar-refractivity contribution < 1.29 is 14.7 Å². The highest BCUT2D eigenvalue weighted by Gasteiger charge is 2.05. The van der Waals surface area contributed by atoms with E-state index in [1.54, 1.807) is 21.1 Å². The van der Waals surface area contributed by atoms with Gasteiger partial charge in [0.05, 0.1) is 5.71 Å². The fourth-order valence-corrected chi connectivity index (χ4v) is 0.545. The minimum Gasteiger partial charge on any atom is -0.411 e. The van der Waals surface area contributed by atoms with Crippen molar-refractivity contribution in [3.8, 4) is 0 Å². The van der Waals surface area contributed by atoms with E-state index >= 15 is 0 Å². The van der Waals surface area contributed by atoms with Crippen molar-refractivity contribution in [1.29, 1.82) is 0 Å². The average Bonchev–Trinajstić information content (AvgIpc) is 1.99. The Bertz CT molecular complexity index is 110. The molecule has 0 aliphatic heterocycles. The van der Waals surface area contributed by atoms with Gasteiger partial charge in [0.25, 0.3) is 0 Å². The second-order valence-corrected chi connectivity index (χ2v) is 1.94. The van der Waals surface area contributed by atoms with E-state index in [9.17, 15) is 0 Å². The summed E-state index contributed by atoms with van der Waals surface area (Å²) in [5.74, 6) is 0. The summed E-state index contributed by atoms with van der Waals surface area (Å²) in [6, 6.07) is 0. The molecule has 0 aliphatic carbocycles. The normalized spacial score (nSPS) is 12.6. The first-order chi connectivity index (χ1) is 4.74. The highest BCUT2D eigenvalue weighted by atomic mass is 16.7. The highest BCUT2D eigenvalue weighted by molar-refractivity contribution is 5.81. The number of hydrogen-bond acceptors (Lipinski definition) is 4. The molecule has 0 aromatic heterocycles. The molecular weight excluding hydrogens is 134 g/mol. The summed E-state index contributed by atoms with van der Waals surface area (Å²) in [6.07, 6.45) is 0.180. The van der Waals surface area contributed by atoms with Crippen LogP contribution in [0.2, 0.25) is 0 Å². The molecule has 0 saturated heterocycles. The summed E-state index contributed by atoms with van der Waals surface area (Å²) >= 11 is 0. The summed E-state index contributed by atoms with van der Waals surface area (Å²) in [6.45, 7) is 1.70. The van der Waals surface area contributed by atoms with Gasteiger partial charge in [-0.15, -0.1) is 0 Å². The first kappa shape index (κ1) is 9.39. The Morgan fingerprint density at radius 1 is 1.50 bits per heavy atom. The van der Waals surface area contributed by atoms with Crippen LogP contribution in [-0.4, -0.2) is 31.4 Å². The smallest absolute Gasteiger partial charge is 0.162 e. The van der Waals surface area contributed by atoms with E-state index in [4.69, 9.17) is 14.7 Å². The third kappa shape index (κ3) is 3.42. The monoisotopic (exact) mass is 147 g/mol. The Labute approximate surface area is 60.4 Å². The van der Waals surface area contributed by atoms with Gasteiger partial charge in [0.1, 0.15) is 0 Å². The molecule has 0 unspecified atom stereocenters. The van der Waals surface area contributed by atoms with Gasteiger partial charge in [-0.3, -0.25) is 0 Å². The summed E-state index contributed by atoms with van der Waals surface area (Å²) in [7, 11) is 3.08. The summed E-state index contributed by atoms with van der Waals surface area (Å²) in [5.41, 5.74) is 0.591. The quantitative estimate of drug-likeness (QED) is 0.277. The van der Waals surface area contributed by atoms with Crippen molar-refractivity contribution in [3.05, 3.63) is 0 Å². The van der Waals surface area contributed by atoms with Crippen LogP contribution >= 0.6 is 0 Å². The van der Waals surface area contributed by atoms with Crippen molar-refractivity contribution in [2.75, 3.05) is 14.2 Å². The lowest BCUT2D eigenvalue weighted by Crippen LogP contribution is -2.16. The third-order valence-corrected chi connectivity index (χ3v) is 1.16. The molecule has 0 rings (SSSR count). The average molecular weight is 147 g/mol. The summed E-state index contributed by atoms with van der Waals surface area (Å²) < 4.78 is 9.72. The predicted octanol–water partition coefficient (Wildman–Crippen LogP) is 0.845. The van der Waals surface area contributed by atoms with Crippen LogP contribution in [0.5, 0.6) is 0 Å². The van der Waals surface area contributed by atoms with Crippen LogP contribution in [0.3, 0.4) is 0 Å². The van der Waals surface area contributed by atoms with E-state index in [1.165, 1.54) is 0 Å². The second kappa shape index (κ2) is 5.20. The van der Waals surface area contributed by atoms with Gasteiger partial charge in [0.2, 0.25) is 0 Å². The second-order valence-electron chi connectivity index (χ2n) is 1.94. The van der Waals surface area contributed by atoms with Gasteiger partial charge in [-0.25, -0.2) is 0 Å². The number of hydrogen-bond donors (Lipinski definition) is 1. The zero-order valence-electron chi connectivity index (χ0n) is 6.50. The van der Waals surface area contributed by atoms with E-state index < -0.39 is 0 Å². The molecule has 0 aromatic carbocycles. The van der Waals surface area contributed by atoms with Gasteiger partial charge in [-0.05, 0) is 6.92 Å². The minimum atomic E-state index is -0.309. The molecule has 4 heteroatoms. The molecule has 0 amide bonds. The molecule has 4 nitrogen and oxygen atoms in total. The van der Waals surface area contributed by atoms with Crippen LogP contribution in [-0.2, 0) is 9.47 Å². The SMILES string of the molecule is COC(C/C(C)=N/O)OC. The van der Waals surface area contributed by atoms with Crippen molar-refractivity contribution in [1.82, 2.24) is 0 Å². The van der Waals surface area contributed by atoms with Crippen molar-refractivity contribution in [2.24, 2.45) is 5.16 Å². The van der Waals surface area contributed by atoms with Gasteiger partial charge in [0.15, 0.2) is 6.29 Å². The molecule has 0 saturated carbocycles. The third-order valence-electron chi connectivity index (χ3n) is 1.16. The van der Waals surface area contributed by atoms with Crippen LogP contribution < -0.4 is 0 Å². The zero-order chi connectivity index (χ0) is 7.98. The molecule has 60 valence electrons. The fraction of sp³-hybridized carbons (Fsp3) is 0.833. The number of nitrogens with zero attached hydrogens (tertiary/aromatic N) is 1. The van der Waals surface area contributed by atoms with Gasteiger partial charge in [0, 0.05) is 20.6 Å². The highest BCUT2D eigenvalue weighted by Crippen LogP contribution is 1.98. The Morgan fingerprint density at radius 3 is 2.30 bits per heavy atom. The molecule has 0 radical (unpaired) electrons. The van der Waals surface area contributed by atoms with Crippen molar-refractivity contribution in [3.63, 3.8) is 0 Å². The number of rotatable bonds is 4. The van der Waals surface area contributed by atoms with Gasteiger partial charge in [-0.1, -0.05) is 5.16 Å². The van der Waals surface area contributed by atoms with Crippen LogP contribution in [0, 0.1) is 0 Å². The number of ether oxygens (including phenoxy) is 2. The Balaban J connectivity index is 3.63. The molecular formula is C6H13NO3. The van der Waals surface area contributed by atoms with Crippen LogP contribution in [0.25, 0.3) is 0 Å². The molecule has 0 fully saturated rings. The van der Waals surface area contributed by atoms with Crippen LogP contribution in [0.4, 0.5) is 0 Å². The number of oxime groups is 1. The Hall–Kier alpha value is -0.610.